The molecule has 13 heavy (non-hydrogen) atoms. The number of rotatable bonds is 0. The number of nitrogens with two attached hydrogens (primary N) is 1. The van der Waals surface area contributed by atoms with Crippen LogP contribution in [0.2, 0.25) is 10.3 Å². The summed E-state index contributed by atoms with van der Waals surface area (Å²) in [7, 11) is 0. The lowest BCUT2D eigenvalue weighted by Gasteiger charge is -2.03. The standard InChI is InChI=1S/C6H5Cl2FN2.C2H6/c1-2-4(10)3(9)6(8)11-5(2)7;1-2/h1H3,(H2,10,11);1-2H3. The van der Waals surface area contributed by atoms with E-state index in [9.17, 15) is 4.39 Å². The van der Waals surface area contributed by atoms with Crippen molar-refractivity contribution in [3.63, 3.8) is 0 Å². The van der Waals surface area contributed by atoms with Crippen molar-refractivity contribution >= 4 is 28.9 Å². The number of pyridine rings is 1. The van der Waals surface area contributed by atoms with Crippen molar-refractivity contribution in [3.8, 4) is 0 Å². The molecule has 1 aromatic rings. The first-order chi connectivity index (χ1) is 6.04. The SMILES string of the molecule is CC.Cc1c(Cl)nc(Cl)c(F)c1N. The molecule has 0 aliphatic carbocycles. The molecule has 0 saturated carbocycles. The largest absolute Gasteiger partial charge is 0.396 e. The van der Waals surface area contributed by atoms with Gasteiger partial charge < -0.3 is 5.73 Å². The predicted octanol–water partition coefficient (Wildman–Crippen LogP) is 3.44. The fourth-order valence-electron chi connectivity index (χ4n) is 0.606. The molecule has 2 nitrogen and oxygen atoms in total. The van der Waals surface area contributed by atoms with Crippen LogP contribution in [0.3, 0.4) is 0 Å². The van der Waals surface area contributed by atoms with E-state index in [4.69, 9.17) is 28.9 Å². The highest BCUT2D eigenvalue weighted by Gasteiger charge is 2.11. The second-order valence-corrected chi connectivity index (χ2v) is 2.76. The second-order valence-electron chi connectivity index (χ2n) is 2.05. The maximum Gasteiger partial charge on any atom is 0.183 e. The van der Waals surface area contributed by atoms with Gasteiger partial charge in [-0.3, -0.25) is 0 Å². The van der Waals surface area contributed by atoms with Crippen molar-refractivity contribution in [2.24, 2.45) is 0 Å². The molecule has 0 amide bonds. The molecule has 1 aromatic heterocycles. The van der Waals surface area contributed by atoms with E-state index in [0.717, 1.165) is 0 Å². The summed E-state index contributed by atoms with van der Waals surface area (Å²) in [4.78, 5) is 3.51. The Bertz CT molecular complexity index is 276. The Kier molecular flexibility index (Phi) is 5.03. The van der Waals surface area contributed by atoms with E-state index in [2.05, 4.69) is 4.98 Å². The van der Waals surface area contributed by atoms with E-state index >= 15 is 0 Å². The van der Waals surface area contributed by atoms with Crippen LogP contribution in [-0.2, 0) is 0 Å². The average Bonchev–Trinajstić information content (AvgIpc) is 2.15. The maximum absolute atomic E-state index is 12.8. The van der Waals surface area contributed by atoms with Gasteiger partial charge in [-0.05, 0) is 6.92 Å². The lowest BCUT2D eigenvalue weighted by atomic mass is 10.2. The van der Waals surface area contributed by atoms with Gasteiger partial charge in [-0.15, -0.1) is 0 Å². The Labute approximate surface area is 86.9 Å². The lowest BCUT2D eigenvalue weighted by Crippen LogP contribution is -1.98. The molecule has 0 unspecified atom stereocenters. The number of hydrogen-bond acceptors (Lipinski definition) is 2. The number of hydrogen-bond donors (Lipinski definition) is 1. The lowest BCUT2D eigenvalue weighted by molar-refractivity contribution is 0.625. The van der Waals surface area contributed by atoms with E-state index in [1.807, 2.05) is 13.8 Å². The van der Waals surface area contributed by atoms with Gasteiger partial charge in [-0.2, -0.15) is 0 Å². The van der Waals surface area contributed by atoms with Crippen molar-refractivity contribution < 1.29 is 4.39 Å². The van der Waals surface area contributed by atoms with Gasteiger partial charge in [0.25, 0.3) is 0 Å². The Balaban J connectivity index is 0.000000671. The molecule has 1 heterocycles. The minimum absolute atomic E-state index is 0.0463. The topological polar surface area (TPSA) is 38.9 Å². The van der Waals surface area contributed by atoms with Crippen LogP contribution < -0.4 is 5.73 Å². The number of aromatic nitrogens is 1. The fraction of sp³-hybridized carbons (Fsp3) is 0.375. The smallest absolute Gasteiger partial charge is 0.183 e. The summed E-state index contributed by atoms with van der Waals surface area (Å²) in [5, 5.41) is -0.160. The molecule has 0 aliphatic rings. The normalized spacial score (nSPS) is 9.08. The molecule has 0 bridgehead atoms. The third-order valence-corrected chi connectivity index (χ3v) is 1.95. The molecule has 0 fully saturated rings. The van der Waals surface area contributed by atoms with E-state index in [-0.39, 0.29) is 16.0 Å². The highest BCUT2D eigenvalue weighted by atomic mass is 35.5. The molecule has 0 saturated heterocycles. The predicted molar refractivity (Wildman–Crippen MR) is 54.7 cm³/mol. The van der Waals surface area contributed by atoms with Crippen LogP contribution in [0, 0.1) is 12.7 Å². The van der Waals surface area contributed by atoms with Crippen molar-refractivity contribution in [1.29, 1.82) is 0 Å². The number of nitrogens with zero attached hydrogens (tertiary/aromatic N) is 1. The second kappa shape index (κ2) is 5.25. The first kappa shape index (κ1) is 12.5. The summed E-state index contributed by atoms with van der Waals surface area (Å²) in [5.74, 6) is -0.714. The van der Waals surface area contributed by atoms with Gasteiger partial charge in [-0.1, -0.05) is 37.0 Å². The molecule has 0 atom stereocenters. The summed E-state index contributed by atoms with van der Waals surface area (Å²) >= 11 is 10.9. The number of halogens is 3. The molecule has 0 spiro atoms. The molecule has 2 N–H and O–H groups in total. The fourth-order valence-corrected chi connectivity index (χ4v) is 1.02. The van der Waals surface area contributed by atoms with E-state index < -0.39 is 5.82 Å². The highest BCUT2D eigenvalue weighted by molar-refractivity contribution is 6.33. The van der Waals surface area contributed by atoms with Gasteiger partial charge in [-0.25, -0.2) is 9.37 Å². The first-order valence-electron chi connectivity index (χ1n) is 3.80. The van der Waals surface area contributed by atoms with E-state index in [1.54, 1.807) is 6.92 Å². The van der Waals surface area contributed by atoms with Crippen LogP contribution in [0.1, 0.15) is 19.4 Å². The summed E-state index contributed by atoms with van der Waals surface area (Å²) < 4.78 is 12.8. The van der Waals surface area contributed by atoms with Crippen LogP contribution in [0.25, 0.3) is 0 Å². The Morgan fingerprint density at radius 1 is 1.23 bits per heavy atom. The third kappa shape index (κ3) is 2.71. The summed E-state index contributed by atoms with van der Waals surface area (Å²) in [6.07, 6.45) is 0. The van der Waals surface area contributed by atoms with Gasteiger partial charge in [0.2, 0.25) is 0 Å². The number of nitrogen functional groups attached to an aromatic ring is 1. The van der Waals surface area contributed by atoms with Gasteiger partial charge in [0.15, 0.2) is 11.0 Å². The summed E-state index contributed by atoms with van der Waals surface area (Å²) in [6.45, 7) is 5.57. The summed E-state index contributed by atoms with van der Waals surface area (Å²) in [6, 6.07) is 0. The van der Waals surface area contributed by atoms with Crippen LogP contribution >= 0.6 is 23.2 Å². The zero-order valence-electron chi connectivity index (χ0n) is 7.66. The van der Waals surface area contributed by atoms with Crippen molar-refractivity contribution in [2.75, 3.05) is 5.73 Å². The molecule has 5 heteroatoms. The van der Waals surface area contributed by atoms with Crippen LogP contribution in [0.15, 0.2) is 0 Å². The molecule has 0 radical (unpaired) electrons. The van der Waals surface area contributed by atoms with Crippen LogP contribution in [0.4, 0.5) is 10.1 Å². The average molecular weight is 225 g/mol. The zero-order chi connectivity index (χ0) is 10.6. The van der Waals surface area contributed by atoms with Crippen molar-refractivity contribution in [2.45, 2.75) is 20.8 Å². The Hall–Kier alpha value is -0.540. The van der Waals surface area contributed by atoms with Gasteiger partial charge >= 0.3 is 0 Å². The van der Waals surface area contributed by atoms with Gasteiger partial charge in [0.1, 0.15) is 5.15 Å². The monoisotopic (exact) mass is 224 g/mol. The van der Waals surface area contributed by atoms with Crippen LogP contribution in [-0.4, -0.2) is 4.98 Å². The molecule has 0 aliphatic heterocycles. The Morgan fingerprint density at radius 2 is 1.69 bits per heavy atom. The first-order valence-corrected chi connectivity index (χ1v) is 4.56. The molecule has 0 aromatic carbocycles. The molecular formula is C8H11Cl2FN2. The van der Waals surface area contributed by atoms with Crippen molar-refractivity contribution in [3.05, 3.63) is 21.7 Å². The minimum atomic E-state index is -0.714. The highest BCUT2D eigenvalue weighted by Crippen LogP contribution is 2.26. The molecule has 1 rings (SSSR count). The van der Waals surface area contributed by atoms with Crippen LogP contribution in [0.5, 0.6) is 0 Å². The Morgan fingerprint density at radius 3 is 2.15 bits per heavy atom. The zero-order valence-corrected chi connectivity index (χ0v) is 9.17. The maximum atomic E-state index is 12.8. The van der Waals surface area contributed by atoms with Gasteiger partial charge in [0.05, 0.1) is 5.69 Å². The van der Waals surface area contributed by atoms with E-state index in [0.29, 0.717) is 5.56 Å². The minimum Gasteiger partial charge on any atom is -0.396 e. The quantitative estimate of drug-likeness (QED) is 0.686. The van der Waals surface area contributed by atoms with E-state index in [1.165, 1.54) is 0 Å². The summed E-state index contributed by atoms with van der Waals surface area (Å²) in [5.41, 5.74) is 5.66. The van der Waals surface area contributed by atoms with Crippen molar-refractivity contribution in [1.82, 2.24) is 4.98 Å². The molecular weight excluding hydrogens is 214 g/mol. The third-order valence-electron chi connectivity index (χ3n) is 1.33. The number of anilines is 1. The molecule has 74 valence electrons. The van der Waals surface area contributed by atoms with Gasteiger partial charge in [0, 0.05) is 5.56 Å².